The van der Waals surface area contributed by atoms with Crippen molar-refractivity contribution in [2.24, 2.45) is 7.05 Å². The highest BCUT2D eigenvalue weighted by atomic mass is 16.5. The molecular weight excluding hydrogens is 318 g/mol. The molecule has 25 heavy (non-hydrogen) atoms. The number of rotatable bonds is 6. The molecule has 0 aliphatic carbocycles. The van der Waals surface area contributed by atoms with Crippen LogP contribution < -0.4 is 15.6 Å². The van der Waals surface area contributed by atoms with Crippen LogP contribution in [0.15, 0.2) is 59.7 Å². The first-order chi connectivity index (χ1) is 12.1. The number of aromatic nitrogens is 2. The minimum absolute atomic E-state index is 0.0622. The molecule has 1 atom stereocenters. The van der Waals surface area contributed by atoms with Gasteiger partial charge in [0.1, 0.15) is 11.3 Å². The van der Waals surface area contributed by atoms with Crippen molar-refractivity contribution >= 4 is 16.8 Å². The maximum Gasteiger partial charge on any atom is 0.275 e. The Labute approximate surface area is 145 Å². The molecule has 0 aliphatic heterocycles. The molecule has 2 heterocycles. The Balaban J connectivity index is 1.57. The summed E-state index contributed by atoms with van der Waals surface area (Å²) in [6, 6.07) is 13.0. The molecule has 0 aliphatic rings. The first-order valence-electron chi connectivity index (χ1n) is 8.20. The van der Waals surface area contributed by atoms with Gasteiger partial charge in [-0.1, -0.05) is 18.2 Å². The largest absolute Gasteiger partial charge is 0.481 e. The highest BCUT2D eigenvalue weighted by molar-refractivity contribution is 5.80. The van der Waals surface area contributed by atoms with Crippen molar-refractivity contribution in [3.8, 4) is 5.75 Å². The van der Waals surface area contributed by atoms with E-state index >= 15 is 0 Å². The van der Waals surface area contributed by atoms with E-state index in [9.17, 15) is 9.59 Å². The van der Waals surface area contributed by atoms with E-state index < -0.39 is 6.10 Å². The fraction of sp³-hybridized carbons (Fsp3) is 0.263. The molecular formula is C19H21N3O3. The third kappa shape index (κ3) is 3.74. The van der Waals surface area contributed by atoms with E-state index in [1.807, 2.05) is 48.1 Å². The fourth-order valence-electron chi connectivity index (χ4n) is 2.71. The molecule has 6 nitrogen and oxygen atoms in total. The molecule has 6 heteroatoms. The van der Waals surface area contributed by atoms with Gasteiger partial charge in [-0.25, -0.2) is 0 Å². The van der Waals surface area contributed by atoms with E-state index in [1.165, 1.54) is 0 Å². The summed E-state index contributed by atoms with van der Waals surface area (Å²) in [4.78, 5) is 24.6. The van der Waals surface area contributed by atoms with E-state index in [0.29, 0.717) is 24.4 Å². The lowest BCUT2D eigenvalue weighted by Gasteiger charge is -2.15. The van der Waals surface area contributed by atoms with Crippen LogP contribution in [0.5, 0.6) is 5.75 Å². The van der Waals surface area contributed by atoms with Crippen molar-refractivity contribution in [3.63, 3.8) is 0 Å². The third-order valence-electron chi connectivity index (χ3n) is 4.08. The number of hydrogen-bond acceptors (Lipinski definition) is 3. The molecule has 0 spiro atoms. The molecule has 2 aromatic heterocycles. The van der Waals surface area contributed by atoms with Gasteiger partial charge >= 0.3 is 0 Å². The van der Waals surface area contributed by atoms with Crippen LogP contribution in [-0.2, 0) is 18.4 Å². The van der Waals surface area contributed by atoms with Crippen molar-refractivity contribution in [2.45, 2.75) is 19.6 Å². The van der Waals surface area contributed by atoms with E-state index in [4.69, 9.17) is 4.74 Å². The van der Waals surface area contributed by atoms with Crippen LogP contribution in [0.2, 0.25) is 0 Å². The zero-order chi connectivity index (χ0) is 17.8. The molecule has 0 fully saturated rings. The quantitative estimate of drug-likeness (QED) is 0.746. The number of carbonyl (C=O) groups excluding carboxylic acids is 1. The molecule has 0 bridgehead atoms. The lowest BCUT2D eigenvalue weighted by Crippen LogP contribution is -2.38. The number of benzene rings is 1. The Morgan fingerprint density at radius 2 is 1.88 bits per heavy atom. The minimum Gasteiger partial charge on any atom is -0.481 e. The Morgan fingerprint density at radius 3 is 2.64 bits per heavy atom. The predicted octanol–water partition coefficient (Wildman–Crippen LogP) is 1.92. The SMILES string of the molecule is CC(Oc1ccccc1)C(=O)NCCn1ccc2ccn(C)c2c1=O. The van der Waals surface area contributed by atoms with Gasteiger partial charge in [-0.3, -0.25) is 9.59 Å². The van der Waals surface area contributed by atoms with E-state index in [2.05, 4.69) is 5.32 Å². The maximum atomic E-state index is 12.5. The summed E-state index contributed by atoms with van der Waals surface area (Å²) in [5.41, 5.74) is 0.599. The molecule has 3 aromatic rings. The second-order valence-corrected chi connectivity index (χ2v) is 5.91. The van der Waals surface area contributed by atoms with Crippen LogP contribution in [-0.4, -0.2) is 27.7 Å². The number of ether oxygens (including phenoxy) is 1. The van der Waals surface area contributed by atoms with Crippen molar-refractivity contribution in [3.05, 3.63) is 65.2 Å². The van der Waals surface area contributed by atoms with Gasteiger partial charge in [-0.15, -0.1) is 0 Å². The van der Waals surface area contributed by atoms with Gasteiger partial charge in [0.2, 0.25) is 0 Å². The van der Waals surface area contributed by atoms with Gasteiger partial charge in [0.15, 0.2) is 6.10 Å². The number of nitrogens with zero attached hydrogens (tertiary/aromatic N) is 2. The number of aryl methyl sites for hydroxylation is 1. The van der Waals surface area contributed by atoms with Crippen LogP contribution in [0.25, 0.3) is 10.9 Å². The molecule has 1 N–H and O–H groups in total. The number of nitrogens with one attached hydrogen (secondary N) is 1. The van der Waals surface area contributed by atoms with Crippen molar-refractivity contribution in [2.75, 3.05) is 6.54 Å². The Hall–Kier alpha value is -3.02. The highest BCUT2D eigenvalue weighted by Crippen LogP contribution is 2.11. The topological polar surface area (TPSA) is 65.3 Å². The summed E-state index contributed by atoms with van der Waals surface area (Å²) in [6.45, 7) is 2.46. The lowest BCUT2D eigenvalue weighted by atomic mass is 10.3. The summed E-state index contributed by atoms with van der Waals surface area (Å²) in [5.74, 6) is 0.437. The number of para-hydroxylation sites is 1. The molecule has 0 radical (unpaired) electrons. The number of hydrogen-bond donors (Lipinski definition) is 1. The average molecular weight is 339 g/mol. The Morgan fingerprint density at radius 1 is 1.16 bits per heavy atom. The molecule has 130 valence electrons. The van der Waals surface area contributed by atoms with E-state index in [-0.39, 0.29) is 11.5 Å². The second kappa shape index (κ2) is 7.25. The smallest absolute Gasteiger partial charge is 0.275 e. The molecule has 1 unspecified atom stereocenters. The molecule has 1 aromatic carbocycles. The average Bonchev–Trinajstić information content (AvgIpc) is 2.99. The van der Waals surface area contributed by atoms with Crippen LogP contribution in [0.4, 0.5) is 0 Å². The normalized spacial score (nSPS) is 12.1. The summed E-state index contributed by atoms with van der Waals surface area (Å²) in [5, 5.41) is 3.72. The fourth-order valence-corrected chi connectivity index (χ4v) is 2.71. The zero-order valence-corrected chi connectivity index (χ0v) is 14.3. The standard InChI is InChI=1S/C19H21N3O3/c1-14(25-16-6-4-3-5-7-16)18(23)20-10-13-22-12-9-15-8-11-21(2)17(15)19(22)24/h3-9,11-12,14H,10,13H2,1-2H3,(H,20,23). The monoisotopic (exact) mass is 339 g/mol. The lowest BCUT2D eigenvalue weighted by molar-refractivity contribution is -0.127. The van der Waals surface area contributed by atoms with Gasteiger partial charge in [0, 0.05) is 37.9 Å². The van der Waals surface area contributed by atoms with Gasteiger partial charge < -0.3 is 19.2 Å². The van der Waals surface area contributed by atoms with Crippen LogP contribution >= 0.6 is 0 Å². The Kier molecular flexibility index (Phi) is 4.88. The van der Waals surface area contributed by atoms with Crippen LogP contribution in [0, 0.1) is 0 Å². The second-order valence-electron chi connectivity index (χ2n) is 5.91. The van der Waals surface area contributed by atoms with Gasteiger partial charge in [0.05, 0.1) is 0 Å². The van der Waals surface area contributed by atoms with E-state index in [1.54, 1.807) is 29.8 Å². The molecule has 3 rings (SSSR count). The van der Waals surface area contributed by atoms with Crippen LogP contribution in [0.3, 0.4) is 0 Å². The Bertz CT molecular complexity index is 928. The minimum atomic E-state index is -0.602. The molecule has 0 saturated heterocycles. The van der Waals surface area contributed by atoms with Crippen molar-refractivity contribution in [1.29, 1.82) is 0 Å². The summed E-state index contributed by atoms with van der Waals surface area (Å²) in [6.07, 6.45) is 3.01. The predicted molar refractivity (Wildman–Crippen MR) is 96.7 cm³/mol. The van der Waals surface area contributed by atoms with Crippen LogP contribution in [0.1, 0.15) is 6.92 Å². The summed E-state index contributed by atoms with van der Waals surface area (Å²) in [7, 11) is 1.85. The van der Waals surface area contributed by atoms with Gasteiger partial charge in [0.25, 0.3) is 11.5 Å². The summed E-state index contributed by atoms with van der Waals surface area (Å²) < 4.78 is 8.99. The van der Waals surface area contributed by atoms with E-state index in [0.717, 1.165) is 5.39 Å². The summed E-state index contributed by atoms with van der Waals surface area (Å²) >= 11 is 0. The number of pyridine rings is 1. The zero-order valence-electron chi connectivity index (χ0n) is 14.3. The highest BCUT2D eigenvalue weighted by Gasteiger charge is 2.14. The molecule has 1 amide bonds. The van der Waals surface area contributed by atoms with Crippen molar-refractivity contribution < 1.29 is 9.53 Å². The third-order valence-corrected chi connectivity index (χ3v) is 4.08. The number of amides is 1. The van der Waals surface area contributed by atoms with Gasteiger partial charge in [-0.05, 0) is 31.2 Å². The number of fused-ring (bicyclic) bond motifs is 1. The molecule has 0 saturated carbocycles. The first kappa shape index (κ1) is 16.8. The first-order valence-corrected chi connectivity index (χ1v) is 8.20. The number of carbonyl (C=O) groups is 1. The van der Waals surface area contributed by atoms with Gasteiger partial charge in [-0.2, -0.15) is 0 Å². The maximum absolute atomic E-state index is 12.5. The van der Waals surface area contributed by atoms with Crippen molar-refractivity contribution in [1.82, 2.24) is 14.5 Å².